The van der Waals surface area contributed by atoms with Crippen LogP contribution < -0.4 is 5.32 Å². The number of aromatic nitrogens is 1. The molecule has 0 unspecified atom stereocenters. The highest BCUT2D eigenvalue weighted by molar-refractivity contribution is 5.85. The van der Waals surface area contributed by atoms with Crippen LogP contribution in [0.25, 0.3) is 10.9 Å². The standard InChI is InChI=1S/C17H15N3O2/c1-12-9-17(18-11-13-5-3-2-4-6-13)19-16-8-7-14(20(21)22)10-15(12)16/h2-10H,11H2,1H3,(H,18,19). The van der Waals surface area contributed by atoms with E-state index in [2.05, 4.69) is 10.3 Å². The first-order chi connectivity index (χ1) is 10.6. The molecule has 0 atom stereocenters. The summed E-state index contributed by atoms with van der Waals surface area (Å²) in [5.41, 5.74) is 2.97. The van der Waals surface area contributed by atoms with E-state index in [0.29, 0.717) is 6.54 Å². The Morgan fingerprint density at radius 2 is 1.91 bits per heavy atom. The minimum atomic E-state index is -0.388. The number of hydrogen-bond donors (Lipinski definition) is 1. The monoisotopic (exact) mass is 293 g/mol. The third-order valence-electron chi connectivity index (χ3n) is 3.53. The fourth-order valence-corrected chi connectivity index (χ4v) is 2.37. The van der Waals surface area contributed by atoms with Crippen LogP contribution in [0.4, 0.5) is 11.5 Å². The largest absolute Gasteiger partial charge is 0.366 e. The molecule has 22 heavy (non-hydrogen) atoms. The minimum Gasteiger partial charge on any atom is -0.366 e. The lowest BCUT2D eigenvalue weighted by molar-refractivity contribution is -0.384. The van der Waals surface area contributed by atoms with Gasteiger partial charge in [-0.2, -0.15) is 0 Å². The summed E-state index contributed by atoms with van der Waals surface area (Å²) in [7, 11) is 0. The summed E-state index contributed by atoms with van der Waals surface area (Å²) in [6.07, 6.45) is 0. The molecule has 0 radical (unpaired) electrons. The lowest BCUT2D eigenvalue weighted by Gasteiger charge is -2.09. The van der Waals surface area contributed by atoms with Crippen LogP contribution in [-0.4, -0.2) is 9.91 Å². The van der Waals surface area contributed by atoms with Crippen LogP contribution >= 0.6 is 0 Å². The summed E-state index contributed by atoms with van der Waals surface area (Å²) in [5.74, 6) is 0.766. The van der Waals surface area contributed by atoms with Crippen molar-refractivity contribution in [3.05, 3.63) is 75.8 Å². The first kappa shape index (κ1) is 14.0. The molecule has 0 bridgehead atoms. The third-order valence-corrected chi connectivity index (χ3v) is 3.53. The molecule has 0 saturated carbocycles. The van der Waals surface area contributed by atoms with Crippen LogP contribution in [0.1, 0.15) is 11.1 Å². The molecule has 5 nitrogen and oxygen atoms in total. The second kappa shape index (κ2) is 5.81. The van der Waals surface area contributed by atoms with E-state index >= 15 is 0 Å². The van der Waals surface area contributed by atoms with E-state index in [1.807, 2.05) is 43.3 Å². The molecule has 3 rings (SSSR count). The maximum absolute atomic E-state index is 10.9. The van der Waals surface area contributed by atoms with E-state index in [1.54, 1.807) is 12.1 Å². The molecule has 0 aliphatic carbocycles. The van der Waals surface area contributed by atoms with Crippen LogP contribution in [0.15, 0.2) is 54.6 Å². The molecule has 1 N–H and O–H groups in total. The van der Waals surface area contributed by atoms with Gasteiger partial charge < -0.3 is 5.32 Å². The van der Waals surface area contributed by atoms with Crippen molar-refractivity contribution < 1.29 is 4.92 Å². The maximum Gasteiger partial charge on any atom is 0.270 e. The summed E-state index contributed by atoms with van der Waals surface area (Å²) < 4.78 is 0. The number of nitrogens with zero attached hydrogens (tertiary/aromatic N) is 2. The quantitative estimate of drug-likeness (QED) is 0.581. The van der Waals surface area contributed by atoms with Gasteiger partial charge in [-0.25, -0.2) is 4.98 Å². The average Bonchev–Trinajstić information content (AvgIpc) is 2.53. The lowest BCUT2D eigenvalue weighted by atomic mass is 10.1. The van der Waals surface area contributed by atoms with Crippen LogP contribution in [0, 0.1) is 17.0 Å². The second-order valence-corrected chi connectivity index (χ2v) is 5.12. The van der Waals surface area contributed by atoms with E-state index in [9.17, 15) is 10.1 Å². The van der Waals surface area contributed by atoms with Gasteiger partial charge in [0.2, 0.25) is 0 Å². The summed E-state index contributed by atoms with van der Waals surface area (Å²) in [5, 5.41) is 14.9. The summed E-state index contributed by atoms with van der Waals surface area (Å²) in [6.45, 7) is 2.62. The Hall–Kier alpha value is -2.95. The van der Waals surface area contributed by atoms with Gasteiger partial charge in [-0.3, -0.25) is 10.1 Å². The molecule has 0 saturated heterocycles. The number of anilines is 1. The first-order valence-corrected chi connectivity index (χ1v) is 6.97. The number of pyridine rings is 1. The Labute approximate surface area is 127 Å². The van der Waals surface area contributed by atoms with Crippen molar-refractivity contribution in [3.63, 3.8) is 0 Å². The zero-order valence-corrected chi connectivity index (χ0v) is 12.1. The van der Waals surface area contributed by atoms with Crippen molar-refractivity contribution in [2.45, 2.75) is 13.5 Å². The van der Waals surface area contributed by atoms with Gasteiger partial charge in [0.1, 0.15) is 5.82 Å². The number of aryl methyl sites for hydroxylation is 1. The number of rotatable bonds is 4. The normalized spacial score (nSPS) is 10.6. The van der Waals surface area contributed by atoms with Crippen molar-refractivity contribution in [3.8, 4) is 0 Å². The van der Waals surface area contributed by atoms with Crippen LogP contribution in [0.5, 0.6) is 0 Å². The SMILES string of the molecule is Cc1cc(NCc2ccccc2)nc2ccc([N+](=O)[O-])cc12. The van der Waals surface area contributed by atoms with Gasteiger partial charge in [0.25, 0.3) is 5.69 Å². The van der Waals surface area contributed by atoms with E-state index in [1.165, 1.54) is 11.6 Å². The molecule has 0 aliphatic rings. The lowest BCUT2D eigenvalue weighted by Crippen LogP contribution is -2.02. The number of hydrogen-bond acceptors (Lipinski definition) is 4. The topological polar surface area (TPSA) is 68.1 Å². The molecular formula is C17H15N3O2. The highest BCUT2D eigenvalue weighted by Gasteiger charge is 2.09. The molecular weight excluding hydrogens is 278 g/mol. The van der Waals surface area contributed by atoms with Gasteiger partial charge in [-0.1, -0.05) is 30.3 Å². The molecule has 5 heteroatoms. The number of fused-ring (bicyclic) bond motifs is 1. The number of benzene rings is 2. The summed E-state index contributed by atoms with van der Waals surface area (Å²) >= 11 is 0. The molecule has 1 heterocycles. The Morgan fingerprint density at radius 1 is 1.14 bits per heavy atom. The van der Waals surface area contributed by atoms with Crippen molar-refractivity contribution >= 4 is 22.4 Å². The van der Waals surface area contributed by atoms with Crippen LogP contribution in [0.2, 0.25) is 0 Å². The highest BCUT2D eigenvalue weighted by Crippen LogP contribution is 2.24. The fourth-order valence-electron chi connectivity index (χ4n) is 2.37. The van der Waals surface area contributed by atoms with E-state index in [-0.39, 0.29) is 10.6 Å². The predicted molar refractivity (Wildman–Crippen MR) is 86.9 cm³/mol. The van der Waals surface area contributed by atoms with E-state index in [0.717, 1.165) is 22.3 Å². The van der Waals surface area contributed by atoms with Crippen LogP contribution in [-0.2, 0) is 6.54 Å². The minimum absolute atomic E-state index is 0.0856. The molecule has 110 valence electrons. The number of nitrogens with one attached hydrogen (secondary N) is 1. The van der Waals surface area contributed by atoms with Gasteiger partial charge in [0.05, 0.1) is 10.4 Å². The van der Waals surface area contributed by atoms with Gasteiger partial charge in [-0.05, 0) is 30.2 Å². The van der Waals surface area contributed by atoms with E-state index < -0.39 is 0 Å². The molecule has 1 aromatic heterocycles. The van der Waals surface area contributed by atoms with Crippen molar-refractivity contribution in [2.75, 3.05) is 5.32 Å². The Morgan fingerprint density at radius 3 is 2.64 bits per heavy atom. The maximum atomic E-state index is 10.9. The summed E-state index contributed by atoms with van der Waals surface area (Å²) in [4.78, 5) is 15.0. The molecule has 0 fully saturated rings. The zero-order valence-electron chi connectivity index (χ0n) is 12.1. The Balaban J connectivity index is 1.89. The molecule has 2 aromatic carbocycles. The van der Waals surface area contributed by atoms with Gasteiger partial charge in [0.15, 0.2) is 0 Å². The Kier molecular flexibility index (Phi) is 3.70. The van der Waals surface area contributed by atoms with Gasteiger partial charge in [-0.15, -0.1) is 0 Å². The molecule has 0 amide bonds. The average molecular weight is 293 g/mol. The molecule has 0 aliphatic heterocycles. The zero-order chi connectivity index (χ0) is 15.5. The second-order valence-electron chi connectivity index (χ2n) is 5.12. The van der Waals surface area contributed by atoms with Crippen molar-refractivity contribution in [1.29, 1.82) is 0 Å². The third kappa shape index (κ3) is 2.88. The molecule has 0 spiro atoms. The van der Waals surface area contributed by atoms with Crippen molar-refractivity contribution in [1.82, 2.24) is 4.98 Å². The molecule has 3 aromatic rings. The van der Waals surface area contributed by atoms with Gasteiger partial charge >= 0.3 is 0 Å². The van der Waals surface area contributed by atoms with E-state index in [4.69, 9.17) is 0 Å². The highest BCUT2D eigenvalue weighted by atomic mass is 16.6. The number of nitro benzene ring substituents is 1. The fraction of sp³-hybridized carbons (Fsp3) is 0.118. The Bertz CT molecular complexity index is 832. The summed E-state index contributed by atoms with van der Waals surface area (Å²) in [6, 6.07) is 16.7. The number of non-ortho nitro benzene ring substituents is 1. The smallest absolute Gasteiger partial charge is 0.270 e. The van der Waals surface area contributed by atoms with Gasteiger partial charge in [0, 0.05) is 24.1 Å². The van der Waals surface area contributed by atoms with Crippen LogP contribution in [0.3, 0.4) is 0 Å². The first-order valence-electron chi connectivity index (χ1n) is 6.97. The van der Waals surface area contributed by atoms with Crippen molar-refractivity contribution in [2.24, 2.45) is 0 Å². The predicted octanol–water partition coefficient (Wildman–Crippen LogP) is 4.06. The number of nitro groups is 1.